The normalized spacial score (nSPS) is 12.9. The summed E-state index contributed by atoms with van der Waals surface area (Å²) in [5, 5.41) is 3.66. The number of nitrogens with zero attached hydrogens (tertiary/aromatic N) is 2. The fourth-order valence-electron chi connectivity index (χ4n) is 1.46. The average molecular weight is 241 g/mol. The van der Waals surface area contributed by atoms with Crippen molar-refractivity contribution in [3.05, 3.63) is 23.9 Å². The molecule has 0 aliphatic carbocycles. The van der Waals surface area contributed by atoms with Crippen LogP contribution in [0.4, 0.5) is 0 Å². The molecule has 5 heteroatoms. The Morgan fingerprint density at radius 3 is 2.94 bits per heavy atom. The second-order valence-corrected chi connectivity index (χ2v) is 3.97. The first-order valence-corrected chi connectivity index (χ1v) is 5.74. The van der Waals surface area contributed by atoms with E-state index in [-0.39, 0.29) is 5.38 Å². The van der Waals surface area contributed by atoms with Crippen molar-refractivity contribution in [2.24, 2.45) is 0 Å². The maximum atomic E-state index is 6.03. The molecule has 2 aromatic rings. The summed E-state index contributed by atoms with van der Waals surface area (Å²) in [4.78, 5) is 4.26. The van der Waals surface area contributed by atoms with Crippen LogP contribution < -0.4 is 0 Å². The number of hydrogen-bond acceptors (Lipinski definition) is 4. The molecule has 16 heavy (non-hydrogen) atoms. The van der Waals surface area contributed by atoms with Crippen molar-refractivity contribution in [2.75, 3.05) is 0 Å². The fourth-order valence-corrected chi connectivity index (χ4v) is 1.55. The molecule has 4 nitrogen and oxygen atoms in total. The lowest BCUT2D eigenvalue weighted by molar-refractivity contribution is 0.419. The van der Waals surface area contributed by atoms with Crippen LogP contribution in [0.3, 0.4) is 0 Å². The van der Waals surface area contributed by atoms with Crippen LogP contribution in [0.2, 0.25) is 0 Å². The Bertz CT molecular complexity index is 464. The molecule has 2 aromatic heterocycles. The Hall–Kier alpha value is -1.29. The van der Waals surface area contributed by atoms with Gasteiger partial charge in [-0.2, -0.15) is 4.98 Å². The average Bonchev–Trinajstić information content (AvgIpc) is 2.95. The van der Waals surface area contributed by atoms with E-state index in [1.165, 1.54) is 0 Å². The molecule has 0 aromatic carbocycles. The Morgan fingerprint density at radius 1 is 1.44 bits per heavy atom. The number of rotatable bonds is 4. The minimum atomic E-state index is -0.200. The summed E-state index contributed by atoms with van der Waals surface area (Å²) in [6.07, 6.45) is 3.18. The van der Waals surface area contributed by atoms with Crippen LogP contribution >= 0.6 is 11.6 Å². The second-order valence-electron chi connectivity index (χ2n) is 3.44. The molecule has 1 unspecified atom stereocenters. The highest BCUT2D eigenvalue weighted by Crippen LogP contribution is 2.27. The zero-order chi connectivity index (χ0) is 11.5. The van der Waals surface area contributed by atoms with Crippen molar-refractivity contribution < 1.29 is 8.94 Å². The molecule has 0 aliphatic heterocycles. The summed E-state index contributed by atoms with van der Waals surface area (Å²) in [5.41, 5.74) is 0.848. The van der Waals surface area contributed by atoms with Crippen LogP contribution in [-0.4, -0.2) is 10.1 Å². The summed E-state index contributed by atoms with van der Waals surface area (Å²) in [6.45, 7) is 3.99. The maximum Gasteiger partial charge on any atom is 0.261 e. The van der Waals surface area contributed by atoms with Gasteiger partial charge in [-0.15, -0.1) is 11.6 Å². The number of alkyl halides is 1. The molecule has 0 spiro atoms. The number of halogens is 1. The lowest BCUT2D eigenvalue weighted by atomic mass is 10.2. The first kappa shape index (κ1) is 11.2. The van der Waals surface area contributed by atoms with Gasteiger partial charge in [-0.1, -0.05) is 19.0 Å². The molecular weight excluding hydrogens is 228 g/mol. The molecular formula is C11H13ClN2O2. The quantitative estimate of drug-likeness (QED) is 0.767. The molecule has 2 heterocycles. The van der Waals surface area contributed by atoms with Gasteiger partial charge in [0.2, 0.25) is 0 Å². The summed E-state index contributed by atoms with van der Waals surface area (Å²) >= 11 is 6.03. The van der Waals surface area contributed by atoms with E-state index in [2.05, 4.69) is 10.1 Å². The topological polar surface area (TPSA) is 52.1 Å². The predicted octanol–water partition coefficient (Wildman–Crippen LogP) is 3.58. The van der Waals surface area contributed by atoms with E-state index in [0.29, 0.717) is 11.7 Å². The van der Waals surface area contributed by atoms with E-state index in [0.717, 1.165) is 24.2 Å². The van der Waals surface area contributed by atoms with E-state index in [1.807, 2.05) is 19.9 Å². The van der Waals surface area contributed by atoms with Gasteiger partial charge < -0.3 is 8.94 Å². The van der Waals surface area contributed by atoms with Crippen LogP contribution in [0.5, 0.6) is 0 Å². The summed E-state index contributed by atoms with van der Waals surface area (Å²) in [6, 6.07) is 1.82. The Labute approximate surface area is 98.6 Å². The molecule has 0 N–H and O–H groups in total. The largest absolute Gasteiger partial charge is 0.469 e. The summed E-state index contributed by atoms with van der Waals surface area (Å²) in [7, 11) is 0. The highest BCUT2D eigenvalue weighted by Gasteiger charge is 2.17. The van der Waals surface area contributed by atoms with Gasteiger partial charge in [0.1, 0.15) is 5.76 Å². The Kier molecular flexibility index (Phi) is 3.29. The Morgan fingerprint density at radius 2 is 2.25 bits per heavy atom. The van der Waals surface area contributed by atoms with E-state index in [9.17, 15) is 0 Å². The molecule has 0 saturated carbocycles. The van der Waals surface area contributed by atoms with Crippen molar-refractivity contribution in [1.82, 2.24) is 10.1 Å². The molecule has 0 bridgehead atoms. The minimum Gasteiger partial charge on any atom is -0.469 e. The third-order valence-electron chi connectivity index (χ3n) is 2.38. The van der Waals surface area contributed by atoms with Crippen molar-refractivity contribution in [2.45, 2.75) is 32.1 Å². The van der Waals surface area contributed by atoms with Gasteiger partial charge in [-0.25, -0.2) is 0 Å². The van der Waals surface area contributed by atoms with Gasteiger partial charge in [0.15, 0.2) is 5.82 Å². The number of hydrogen-bond donors (Lipinski definition) is 0. The standard InChI is InChI=1S/C11H13ClN2O2/c1-3-8(12)10-13-11(16-14-10)7-5-6-15-9(7)4-2/h5-6,8H,3-4H2,1-2H3. The van der Waals surface area contributed by atoms with E-state index < -0.39 is 0 Å². The van der Waals surface area contributed by atoms with Crippen LogP contribution in [-0.2, 0) is 6.42 Å². The van der Waals surface area contributed by atoms with Crippen molar-refractivity contribution in [1.29, 1.82) is 0 Å². The van der Waals surface area contributed by atoms with Crippen LogP contribution in [0, 0.1) is 0 Å². The Balaban J connectivity index is 2.31. The maximum absolute atomic E-state index is 6.03. The zero-order valence-electron chi connectivity index (χ0n) is 9.24. The zero-order valence-corrected chi connectivity index (χ0v) is 9.99. The van der Waals surface area contributed by atoms with E-state index in [4.69, 9.17) is 20.5 Å². The van der Waals surface area contributed by atoms with Crippen molar-refractivity contribution in [3.63, 3.8) is 0 Å². The molecule has 0 amide bonds. The predicted molar refractivity (Wildman–Crippen MR) is 60.3 cm³/mol. The third kappa shape index (κ3) is 1.97. The van der Waals surface area contributed by atoms with Crippen LogP contribution in [0.25, 0.3) is 11.5 Å². The van der Waals surface area contributed by atoms with Gasteiger partial charge in [-0.05, 0) is 12.5 Å². The minimum absolute atomic E-state index is 0.200. The van der Waals surface area contributed by atoms with E-state index in [1.54, 1.807) is 6.26 Å². The molecule has 0 saturated heterocycles. The van der Waals surface area contributed by atoms with Gasteiger partial charge in [0.05, 0.1) is 17.2 Å². The van der Waals surface area contributed by atoms with Gasteiger partial charge in [0.25, 0.3) is 5.89 Å². The highest BCUT2D eigenvalue weighted by molar-refractivity contribution is 6.20. The van der Waals surface area contributed by atoms with Crippen molar-refractivity contribution in [3.8, 4) is 11.5 Å². The second kappa shape index (κ2) is 4.70. The molecule has 86 valence electrons. The first-order valence-electron chi connectivity index (χ1n) is 5.30. The third-order valence-corrected chi connectivity index (χ3v) is 2.88. The van der Waals surface area contributed by atoms with E-state index >= 15 is 0 Å². The molecule has 2 rings (SSSR count). The molecule has 0 radical (unpaired) electrons. The van der Waals surface area contributed by atoms with Gasteiger partial charge in [0, 0.05) is 6.42 Å². The first-order chi connectivity index (χ1) is 7.76. The van der Waals surface area contributed by atoms with Gasteiger partial charge in [-0.3, -0.25) is 0 Å². The number of furan rings is 1. The monoisotopic (exact) mass is 240 g/mol. The van der Waals surface area contributed by atoms with Crippen LogP contribution in [0.1, 0.15) is 37.2 Å². The molecule has 1 atom stereocenters. The van der Waals surface area contributed by atoms with Crippen LogP contribution in [0.15, 0.2) is 21.3 Å². The lowest BCUT2D eigenvalue weighted by Gasteiger charge is -1.96. The summed E-state index contributed by atoms with van der Waals surface area (Å²) in [5.74, 6) is 1.85. The lowest BCUT2D eigenvalue weighted by Crippen LogP contribution is -1.90. The highest BCUT2D eigenvalue weighted by atomic mass is 35.5. The molecule has 0 fully saturated rings. The van der Waals surface area contributed by atoms with Crippen molar-refractivity contribution >= 4 is 11.6 Å². The smallest absolute Gasteiger partial charge is 0.261 e. The number of aromatic nitrogens is 2. The SMILES string of the molecule is CCc1occc1-c1nc(C(Cl)CC)no1. The number of aryl methyl sites for hydroxylation is 1. The fraction of sp³-hybridized carbons (Fsp3) is 0.455. The molecule has 0 aliphatic rings. The summed E-state index contributed by atoms with van der Waals surface area (Å²) < 4.78 is 10.5. The van der Waals surface area contributed by atoms with Gasteiger partial charge >= 0.3 is 0 Å².